The van der Waals surface area contributed by atoms with Crippen molar-refractivity contribution in [3.8, 4) is 5.75 Å². The van der Waals surface area contributed by atoms with Gasteiger partial charge in [-0.15, -0.1) is 0 Å². The van der Waals surface area contributed by atoms with E-state index >= 15 is 0 Å². The van der Waals surface area contributed by atoms with Crippen molar-refractivity contribution in [3.05, 3.63) is 106 Å². The van der Waals surface area contributed by atoms with Gasteiger partial charge in [0, 0.05) is 34.2 Å². The van der Waals surface area contributed by atoms with Crippen molar-refractivity contribution in [1.29, 1.82) is 0 Å². The molecule has 7 heteroatoms. The lowest BCUT2D eigenvalue weighted by Gasteiger charge is -2.26. The highest BCUT2D eigenvalue weighted by Gasteiger charge is 2.46. The molecule has 4 aromatic rings. The molecule has 1 aromatic heterocycles. The number of amides is 1. The number of hydrogen-bond acceptors (Lipinski definition) is 4. The summed E-state index contributed by atoms with van der Waals surface area (Å²) in [5, 5.41) is 12.7. The van der Waals surface area contributed by atoms with E-state index in [4.69, 9.17) is 16.3 Å². The molecule has 0 radical (unpaired) electrons. The molecule has 6 nitrogen and oxygen atoms in total. The number of nitrogens with one attached hydrogen (secondary N) is 1. The van der Waals surface area contributed by atoms with E-state index < -0.39 is 17.7 Å². The first-order chi connectivity index (χ1) is 17.0. The number of rotatable bonds is 6. The largest absolute Gasteiger partial charge is 0.507 e. The van der Waals surface area contributed by atoms with Crippen LogP contribution in [-0.4, -0.2) is 40.3 Å². The van der Waals surface area contributed by atoms with Crippen LogP contribution in [0.3, 0.4) is 0 Å². The maximum Gasteiger partial charge on any atom is 0.295 e. The number of aliphatic hydroxyl groups excluding tert-OH is 1. The number of methoxy groups -OCH3 is 1. The number of carbonyl (C=O) groups is 2. The Hall–Kier alpha value is -4.03. The highest BCUT2D eigenvalue weighted by atomic mass is 35.5. The number of ether oxygens (including phenoxy) is 1. The van der Waals surface area contributed by atoms with E-state index in [-0.39, 0.29) is 17.9 Å². The summed E-state index contributed by atoms with van der Waals surface area (Å²) >= 11 is 6.52. The number of Topliss-reactive ketones (excluding diaryl/α,β-unsaturated/α-hetero) is 1. The van der Waals surface area contributed by atoms with E-state index in [1.165, 1.54) is 4.90 Å². The lowest BCUT2D eigenvalue weighted by atomic mass is 9.95. The van der Waals surface area contributed by atoms with Crippen molar-refractivity contribution in [2.75, 3.05) is 13.7 Å². The molecular weight excluding hydrogens is 464 g/mol. The Bertz CT molecular complexity index is 1460. The molecule has 176 valence electrons. The van der Waals surface area contributed by atoms with Gasteiger partial charge in [-0.2, -0.15) is 0 Å². The normalized spacial score (nSPS) is 17.3. The van der Waals surface area contributed by atoms with Crippen LogP contribution in [0.15, 0.2) is 84.6 Å². The second-order valence-electron chi connectivity index (χ2n) is 8.35. The van der Waals surface area contributed by atoms with E-state index in [2.05, 4.69) is 4.98 Å². The van der Waals surface area contributed by atoms with Gasteiger partial charge >= 0.3 is 0 Å². The summed E-state index contributed by atoms with van der Waals surface area (Å²) < 4.78 is 5.19. The third-order valence-corrected chi connectivity index (χ3v) is 6.74. The van der Waals surface area contributed by atoms with Gasteiger partial charge in [-0.05, 0) is 53.9 Å². The van der Waals surface area contributed by atoms with Gasteiger partial charge in [-0.3, -0.25) is 9.59 Å². The maximum atomic E-state index is 13.2. The molecular formula is C28H23ClN2O4. The smallest absolute Gasteiger partial charge is 0.295 e. The third-order valence-electron chi connectivity index (χ3n) is 6.40. The monoisotopic (exact) mass is 486 g/mol. The second-order valence-corrected chi connectivity index (χ2v) is 8.76. The number of carbonyl (C=O) groups excluding carboxylic acids is 2. The standard InChI is InChI=1S/C28H23ClN2O4/c1-35-19-12-10-17(11-13-19)26(32)24-25(21-7-2-4-8-22(21)29)31(28(34)27(24)33)15-14-18-16-30-23-9-5-3-6-20(18)23/h2-13,16,25,30,32H,14-15H2,1H3/b26-24-. The third kappa shape index (κ3) is 4.06. The summed E-state index contributed by atoms with van der Waals surface area (Å²) in [6.45, 7) is 0.279. The van der Waals surface area contributed by atoms with E-state index in [0.29, 0.717) is 28.3 Å². The highest BCUT2D eigenvalue weighted by Crippen LogP contribution is 2.42. The fraction of sp³-hybridized carbons (Fsp3) is 0.143. The van der Waals surface area contributed by atoms with E-state index in [1.54, 1.807) is 55.6 Å². The van der Waals surface area contributed by atoms with Crippen LogP contribution >= 0.6 is 11.6 Å². The Morgan fingerprint density at radius 1 is 1.03 bits per heavy atom. The Morgan fingerprint density at radius 2 is 1.74 bits per heavy atom. The zero-order valence-electron chi connectivity index (χ0n) is 19.0. The van der Waals surface area contributed by atoms with Crippen LogP contribution in [0.4, 0.5) is 0 Å². The number of H-pyrrole nitrogens is 1. The first-order valence-corrected chi connectivity index (χ1v) is 11.6. The second kappa shape index (κ2) is 9.31. The molecule has 1 aliphatic rings. The minimum absolute atomic E-state index is 0.0205. The van der Waals surface area contributed by atoms with Crippen LogP contribution < -0.4 is 4.74 Å². The number of aliphatic hydroxyl groups is 1. The van der Waals surface area contributed by atoms with Gasteiger partial charge in [-0.25, -0.2) is 0 Å². The SMILES string of the molecule is COc1ccc(/C(O)=C2/C(=O)C(=O)N(CCc3c[nH]c4ccccc34)C2c2ccccc2Cl)cc1. The van der Waals surface area contributed by atoms with Crippen molar-refractivity contribution < 1.29 is 19.4 Å². The van der Waals surface area contributed by atoms with Crippen LogP contribution in [0, 0.1) is 0 Å². The van der Waals surface area contributed by atoms with Crippen LogP contribution in [-0.2, 0) is 16.0 Å². The number of benzene rings is 3. The Morgan fingerprint density at radius 3 is 2.49 bits per heavy atom. The van der Waals surface area contributed by atoms with Gasteiger partial charge < -0.3 is 19.7 Å². The van der Waals surface area contributed by atoms with Gasteiger partial charge in [0.25, 0.3) is 11.7 Å². The maximum absolute atomic E-state index is 13.2. The molecule has 2 N–H and O–H groups in total. The fourth-order valence-corrected chi connectivity index (χ4v) is 4.85. The number of aromatic amines is 1. The summed E-state index contributed by atoms with van der Waals surface area (Å²) in [5.41, 5.74) is 3.06. The zero-order valence-corrected chi connectivity index (χ0v) is 19.8. The van der Waals surface area contributed by atoms with Crippen LogP contribution in [0.25, 0.3) is 16.7 Å². The average Bonchev–Trinajstić information content (AvgIpc) is 3.41. The molecule has 5 rings (SSSR count). The first-order valence-electron chi connectivity index (χ1n) is 11.2. The minimum atomic E-state index is -0.809. The minimum Gasteiger partial charge on any atom is -0.507 e. The molecule has 1 unspecified atom stereocenters. The lowest BCUT2D eigenvalue weighted by molar-refractivity contribution is -0.139. The van der Waals surface area contributed by atoms with E-state index in [1.807, 2.05) is 30.5 Å². The summed E-state index contributed by atoms with van der Waals surface area (Å²) in [6, 6.07) is 20.9. The van der Waals surface area contributed by atoms with Crippen LogP contribution in [0.5, 0.6) is 5.75 Å². The molecule has 2 heterocycles. The van der Waals surface area contributed by atoms with Crippen LogP contribution in [0.2, 0.25) is 5.02 Å². The lowest BCUT2D eigenvalue weighted by Crippen LogP contribution is -2.31. The molecule has 1 fully saturated rings. The fourth-order valence-electron chi connectivity index (χ4n) is 4.61. The number of hydrogen-bond donors (Lipinski definition) is 2. The molecule has 35 heavy (non-hydrogen) atoms. The Balaban J connectivity index is 1.57. The Kier molecular flexibility index (Phi) is 6.05. The molecule has 0 bridgehead atoms. The quantitative estimate of drug-likeness (QED) is 0.214. The number of likely N-dealkylation sites (tertiary alicyclic amines) is 1. The molecule has 1 amide bonds. The first kappa shape index (κ1) is 22.7. The van der Waals surface area contributed by atoms with Gasteiger partial charge in [-0.1, -0.05) is 48.0 Å². The number of aromatic nitrogens is 1. The predicted octanol–water partition coefficient (Wildman–Crippen LogP) is 5.49. The van der Waals surface area contributed by atoms with Gasteiger partial charge in [0.1, 0.15) is 11.5 Å². The molecule has 0 saturated carbocycles. The predicted molar refractivity (Wildman–Crippen MR) is 135 cm³/mol. The van der Waals surface area contributed by atoms with Gasteiger partial charge in [0.15, 0.2) is 0 Å². The number of halogens is 1. The van der Waals surface area contributed by atoms with Gasteiger partial charge in [0.2, 0.25) is 0 Å². The zero-order chi connectivity index (χ0) is 24.5. The number of nitrogens with zero attached hydrogens (tertiary/aromatic N) is 1. The van der Waals surface area contributed by atoms with Crippen LogP contribution in [0.1, 0.15) is 22.7 Å². The molecule has 0 spiro atoms. The molecule has 0 aliphatic carbocycles. The number of fused-ring (bicyclic) bond motifs is 1. The number of ketones is 1. The van der Waals surface area contributed by atoms with E-state index in [9.17, 15) is 14.7 Å². The molecule has 1 saturated heterocycles. The summed E-state index contributed by atoms with van der Waals surface area (Å²) in [5.74, 6) is -1.03. The van der Waals surface area contributed by atoms with Crippen molar-refractivity contribution in [2.24, 2.45) is 0 Å². The molecule has 1 aliphatic heterocycles. The van der Waals surface area contributed by atoms with Crippen molar-refractivity contribution in [3.63, 3.8) is 0 Å². The van der Waals surface area contributed by atoms with Crippen molar-refractivity contribution in [2.45, 2.75) is 12.5 Å². The summed E-state index contributed by atoms with van der Waals surface area (Å²) in [7, 11) is 1.55. The Labute approximate surface area is 207 Å². The molecule has 3 aromatic carbocycles. The van der Waals surface area contributed by atoms with Gasteiger partial charge in [0.05, 0.1) is 18.7 Å². The summed E-state index contributed by atoms with van der Waals surface area (Å²) in [6.07, 6.45) is 2.45. The summed E-state index contributed by atoms with van der Waals surface area (Å²) in [4.78, 5) is 31.2. The van der Waals surface area contributed by atoms with Crippen molar-refractivity contribution >= 4 is 40.0 Å². The number of para-hydroxylation sites is 1. The topological polar surface area (TPSA) is 82.6 Å². The molecule has 1 atom stereocenters. The average molecular weight is 487 g/mol. The van der Waals surface area contributed by atoms with E-state index in [0.717, 1.165) is 16.5 Å². The highest BCUT2D eigenvalue weighted by molar-refractivity contribution is 6.47. The van der Waals surface area contributed by atoms with Crippen molar-refractivity contribution in [1.82, 2.24) is 9.88 Å².